The SMILES string of the molecule is CCN1CCN(c2ccc(N(C(=O)OC(C)(C)C)c3cc(N(C)C(=O)N(C(=O)OC(C)(C)C)c4cc(OC)cc(OC)c4)ncn3)c(N)c2)CC1.CCN1CCN(c2ccc(N(C(=O)OC(C)(C)C)c3cc(N(C)C(=O)N(C(=O)OC(C)(C)C)c4cc(OC)cc(OC)c4)ncn3)c([N+](=O)[O-])c2)CC1. The maximum absolute atomic E-state index is 14.2. The number of urea groups is 2. The van der Waals surface area contributed by atoms with Gasteiger partial charge in [-0.15, -0.1) is 0 Å². The summed E-state index contributed by atoms with van der Waals surface area (Å²) in [5.74, 6) is 1.24. The van der Waals surface area contributed by atoms with E-state index in [-0.39, 0.29) is 46.0 Å². The Labute approximate surface area is 607 Å². The Hall–Kier alpha value is -11.0. The number of likely N-dealkylation sites (N-methyl/N-ethyl adjacent to an activating group) is 2. The highest BCUT2D eigenvalue weighted by atomic mass is 16.6. The van der Waals surface area contributed by atoms with Crippen molar-refractivity contribution < 1.29 is 71.6 Å². The van der Waals surface area contributed by atoms with Gasteiger partial charge < -0.3 is 63.2 Å². The maximum Gasteiger partial charge on any atom is 0.423 e. The summed E-state index contributed by atoms with van der Waals surface area (Å²) in [5, 5.41) is 12.6. The second-order valence-corrected chi connectivity index (χ2v) is 28.1. The van der Waals surface area contributed by atoms with Gasteiger partial charge in [0.2, 0.25) is 0 Å². The predicted octanol–water partition coefficient (Wildman–Crippen LogP) is 12.9. The van der Waals surface area contributed by atoms with E-state index in [2.05, 4.69) is 53.4 Å². The van der Waals surface area contributed by atoms with E-state index >= 15 is 0 Å². The van der Waals surface area contributed by atoms with E-state index in [9.17, 15) is 38.9 Å². The van der Waals surface area contributed by atoms with Crippen LogP contribution < -0.4 is 63.9 Å². The zero-order chi connectivity index (χ0) is 76.9. The van der Waals surface area contributed by atoms with Crippen molar-refractivity contribution in [3.05, 3.63) is 108 Å². The van der Waals surface area contributed by atoms with Crippen LogP contribution in [0.5, 0.6) is 23.0 Å². The number of nitro groups is 1. The average Bonchev–Trinajstić information content (AvgIpc) is 0.837. The largest absolute Gasteiger partial charge is 0.497 e. The molecule has 104 heavy (non-hydrogen) atoms. The molecule has 2 aliphatic heterocycles. The number of amides is 8. The quantitative estimate of drug-likeness (QED) is 0.0384. The highest BCUT2D eigenvalue weighted by Gasteiger charge is 2.38. The number of ether oxygens (including phenoxy) is 8. The van der Waals surface area contributed by atoms with Gasteiger partial charge in [0, 0.05) is 132 Å². The Morgan fingerprint density at radius 3 is 1.09 bits per heavy atom. The summed E-state index contributed by atoms with van der Waals surface area (Å²) >= 11 is 0. The number of carbonyl (C=O) groups excluding carboxylic acids is 6. The number of hydrogen-bond donors (Lipinski definition) is 1. The molecule has 0 atom stereocenters. The number of carbonyl (C=O) groups is 6. The van der Waals surface area contributed by atoms with Gasteiger partial charge in [-0.05, 0) is 127 Å². The van der Waals surface area contributed by atoms with Crippen LogP contribution >= 0.6 is 0 Å². The Kier molecular flexibility index (Phi) is 26.1. The molecule has 0 unspecified atom stereocenters. The lowest BCUT2D eigenvalue weighted by Gasteiger charge is -2.36. The Balaban J connectivity index is 0.000000291. The summed E-state index contributed by atoms with van der Waals surface area (Å²) < 4.78 is 44.2. The number of anilines is 11. The normalized spacial score (nSPS) is 13.6. The number of benzene rings is 4. The number of nitro benzene ring substituents is 1. The van der Waals surface area contributed by atoms with Crippen LogP contribution in [0, 0.1) is 10.1 Å². The van der Waals surface area contributed by atoms with E-state index < -0.39 is 63.8 Å². The molecule has 4 heterocycles. The number of nitrogen functional groups attached to an aromatic ring is 1. The van der Waals surface area contributed by atoms with Crippen LogP contribution in [-0.4, -0.2) is 201 Å². The van der Waals surface area contributed by atoms with Gasteiger partial charge in [0.05, 0.1) is 56.1 Å². The molecule has 0 bridgehead atoms. The highest BCUT2D eigenvalue weighted by Crippen LogP contribution is 2.41. The molecule has 0 spiro atoms. The van der Waals surface area contributed by atoms with Crippen molar-refractivity contribution in [1.82, 2.24) is 29.7 Å². The molecule has 0 aliphatic carbocycles. The van der Waals surface area contributed by atoms with Gasteiger partial charge in [-0.3, -0.25) is 19.9 Å². The van der Waals surface area contributed by atoms with Crippen molar-refractivity contribution >= 4 is 105 Å². The first kappa shape index (κ1) is 80.3. The van der Waals surface area contributed by atoms with Gasteiger partial charge >= 0.3 is 36.4 Å². The number of hydrogen-bond acceptors (Lipinski definition) is 25. The molecule has 32 nitrogen and oxygen atoms in total. The van der Waals surface area contributed by atoms with E-state index in [1.807, 2.05) is 12.1 Å². The van der Waals surface area contributed by atoms with Gasteiger partial charge in [0.15, 0.2) is 0 Å². The summed E-state index contributed by atoms with van der Waals surface area (Å²) in [6, 6.07) is 20.2. The Morgan fingerprint density at radius 1 is 0.452 bits per heavy atom. The van der Waals surface area contributed by atoms with Gasteiger partial charge in [-0.1, -0.05) is 13.8 Å². The molecule has 562 valence electrons. The Morgan fingerprint density at radius 2 is 0.769 bits per heavy atom. The fourth-order valence-electron chi connectivity index (χ4n) is 10.7. The van der Waals surface area contributed by atoms with E-state index in [0.717, 1.165) is 88.9 Å². The van der Waals surface area contributed by atoms with E-state index in [0.29, 0.717) is 53.1 Å². The monoisotopic (exact) mass is 1440 g/mol. The fourth-order valence-corrected chi connectivity index (χ4v) is 10.7. The number of nitrogens with two attached hydrogens (primary N) is 1. The second kappa shape index (κ2) is 33.8. The zero-order valence-corrected chi connectivity index (χ0v) is 63.1. The Bertz CT molecular complexity index is 4000. The van der Waals surface area contributed by atoms with Gasteiger partial charge in [0.25, 0.3) is 5.69 Å². The minimum absolute atomic E-state index is 0.0611. The van der Waals surface area contributed by atoms with Crippen LogP contribution in [0.3, 0.4) is 0 Å². The molecule has 6 aromatic rings. The first-order chi connectivity index (χ1) is 48.8. The molecule has 2 fully saturated rings. The van der Waals surface area contributed by atoms with Crippen LogP contribution in [-0.2, 0) is 18.9 Å². The number of nitrogens with zero attached hydrogens (tertiary/aromatic N) is 15. The van der Waals surface area contributed by atoms with Crippen LogP contribution in [0.2, 0.25) is 0 Å². The molecule has 0 saturated carbocycles. The van der Waals surface area contributed by atoms with E-state index in [4.69, 9.17) is 43.6 Å². The minimum atomic E-state index is -0.999. The van der Waals surface area contributed by atoms with Crippen molar-refractivity contribution in [2.24, 2.45) is 0 Å². The molecule has 2 N–H and O–H groups in total. The van der Waals surface area contributed by atoms with Crippen molar-refractivity contribution in [3.8, 4) is 23.0 Å². The molecular weight excluding hydrogens is 1340 g/mol. The first-order valence-corrected chi connectivity index (χ1v) is 33.7. The van der Waals surface area contributed by atoms with E-state index in [1.54, 1.807) is 107 Å². The smallest absolute Gasteiger partial charge is 0.423 e. The summed E-state index contributed by atoms with van der Waals surface area (Å²) in [4.78, 5) is 127. The third-order valence-corrected chi connectivity index (χ3v) is 15.9. The molecule has 2 aromatic heterocycles. The number of rotatable bonds is 17. The third kappa shape index (κ3) is 21.1. The summed E-state index contributed by atoms with van der Waals surface area (Å²) in [6.45, 7) is 33.0. The molecule has 0 radical (unpaired) electrons. The molecule has 2 aliphatic rings. The van der Waals surface area contributed by atoms with Crippen LogP contribution in [0.25, 0.3) is 0 Å². The standard InChI is InChI=1S/C36H48N8O9.C36H50N8O7/c1-11-40-14-16-41(17-15-40)24-12-13-28(29(20-24)44(48)49)43(34(47)53-36(5,6)7)31-22-30(37-23-38-31)39(8)32(45)42(33(46)52-35(2,3)4)25-18-26(50-9)21-27(19-25)51-10;1-11-41-14-16-42(17-15-41)24-12-13-29(28(37)20-24)44(34(47)51-36(5,6)7)31-22-30(38-23-39-31)40(8)32(45)43(33(46)50-35(2,3)4)25-18-26(48-9)21-27(19-25)49-10/h12-13,18-23H,11,14-17H2,1-10H3;12-13,18-23H,11,14-17,37H2,1-10H3. The van der Waals surface area contributed by atoms with Gasteiger partial charge in [-0.25, -0.2) is 58.5 Å². The van der Waals surface area contributed by atoms with Gasteiger partial charge in [0.1, 0.15) is 87.0 Å². The van der Waals surface area contributed by atoms with Crippen LogP contribution in [0.4, 0.5) is 97.5 Å². The fraction of sp³-hybridized carbons (Fsp3) is 0.472. The van der Waals surface area contributed by atoms with Crippen molar-refractivity contribution in [3.63, 3.8) is 0 Å². The summed E-state index contributed by atoms with van der Waals surface area (Å²) in [7, 11) is 8.55. The van der Waals surface area contributed by atoms with Crippen LogP contribution in [0.15, 0.2) is 97.6 Å². The van der Waals surface area contributed by atoms with Gasteiger partial charge in [-0.2, -0.15) is 9.80 Å². The summed E-state index contributed by atoms with van der Waals surface area (Å²) in [5.41, 5.74) is 4.84. The lowest BCUT2D eigenvalue weighted by Crippen LogP contribution is -2.47. The first-order valence-electron chi connectivity index (χ1n) is 33.7. The molecule has 8 rings (SSSR count). The van der Waals surface area contributed by atoms with Crippen molar-refractivity contribution in [1.29, 1.82) is 0 Å². The maximum atomic E-state index is 14.2. The van der Waals surface area contributed by atoms with Crippen molar-refractivity contribution in [2.75, 3.05) is 153 Å². The zero-order valence-electron chi connectivity index (χ0n) is 63.1. The number of methoxy groups -OCH3 is 4. The second-order valence-electron chi connectivity index (χ2n) is 28.1. The number of piperazine rings is 2. The molecule has 8 amide bonds. The van der Waals surface area contributed by atoms with E-state index in [1.165, 1.54) is 102 Å². The molecule has 32 heteroatoms. The van der Waals surface area contributed by atoms with Crippen molar-refractivity contribution in [2.45, 2.75) is 119 Å². The highest BCUT2D eigenvalue weighted by molar-refractivity contribution is 6.18. The van der Waals surface area contributed by atoms with Crippen LogP contribution in [0.1, 0.15) is 96.9 Å². The predicted molar refractivity (Wildman–Crippen MR) is 398 cm³/mol. The molecular formula is C72H98N16O16. The third-order valence-electron chi connectivity index (χ3n) is 15.9. The minimum Gasteiger partial charge on any atom is -0.497 e. The number of imide groups is 2. The molecule has 2 saturated heterocycles. The number of aromatic nitrogens is 4. The lowest BCUT2D eigenvalue weighted by atomic mass is 10.1. The topological polar surface area (TPSA) is 329 Å². The lowest BCUT2D eigenvalue weighted by molar-refractivity contribution is -0.384. The molecule has 4 aromatic carbocycles. The summed E-state index contributed by atoms with van der Waals surface area (Å²) in [6.07, 6.45) is -1.34. The average molecular weight is 1440 g/mol.